The van der Waals surface area contributed by atoms with Crippen LogP contribution >= 0.6 is 0 Å². The molecule has 0 saturated heterocycles. The third-order valence-electron chi connectivity index (χ3n) is 12.4. The van der Waals surface area contributed by atoms with Gasteiger partial charge in [-0.05, 0) is 122 Å². The molecule has 0 bridgehead atoms. The van der Waals surface area contributed by atoms with Crippen molar-refractivity contribution in [3.8, 4) is 44.8 Å². The summed E-state index contributed by atoms with van der Waals surface area (Å²) >= 11 is 0. The molecule has 1 aliphatic carbocycles. The van der Waals surface area contributed by atoms with Crippen molar-refractivity contribution < 1.29 is 0 Å². The molecule has 0 radical (unpaired) electrons. The smallest absolute Gasteiger partial charge is 0.0547 e. The van der Waals surface area contributed by atoms with E-state index in [-0.39, 0.29) is 0 Å². The van der Waals surface area contributed by atoms with Crippen LogP contribution in [0.15, 0.2) is 189 Å². The van der Waals surface area contributed by atoms with Crippen LogP contribution in [0, 0.1) is 6.92 Å². The Bertz CT molecular complexity index is 3460. The molecule has 9 aromatic carbocycles. The number of aryl methyl sites for hydroxylation is 1. The Morgan fingerprint density at radius 2 is 0.947 bits per heavy atom. The topological polar surface area (TPSA) is 9.86 Å². The highest BCUT2D eigenvalue weighted by Gasteiger charge is 2.28. The minimum absolute atomic E-state index is 1.15. The van der Waals surface area contributed by atoms with Crippen molar-refractivity contribution in [1.82, 2.24) is 9.13 Å². The molecule has 11 aromatic rings. The number of allylic oxidation sites excluding steroid dienone is 2. The van der Waals surface area contributed by atoms with E-state index in [2.05, 4.69) is 205 Å². The maximum atomic E-state index is 4.03. The molecule has 0 unspecified atom stereocenters. The van der Waals surface area contributed by atoms with Crippen molar-refractivity contribution in [3.63, 3.8) is 0 Å². The van der Waals surface area contributed by atoms with Crippen LogP contribution in [0.1, 0.15) is 11.1 Å². The molecule has 2 heteroatoms. The molecule has 12 rings (SSSR count). The van der Waals surface area contributed by atoms with Crippen molar-refractivity contribution in [2.75, 3.05) is 0 Å². The molecule has 0 atom stereocenters. The molecular formula is C55H36N2. The predicted molar refractivity (Wildman–Crippen MR) is 244 cm³/mol. The minimum atomic E-state index is 1.15. The summed E-state index contributed by atoms with van der Waals surface area (Å²) in [5.41, 5.74) is 17.3. The van der Waals surface area contributed by atoms with E-state index in [4.69, 9.17) is 0 Å². The van der Waals surface area contributed by atoms with Gasteiger partial charge in [-0.2, -0.15) is 0 Å². The van der Waals surface area contributed by atoms with Gasteiger partial charge in [0, 0.05) is 32.9 Å². The van der Waals surface area contributed by atoms with Gasteiger partial charge in [-0.1, -0.05) is 146 Å². The number of nitrogens with zero attached hydrogens (tertiary/aromatic N) is 2. The average Bonchev–Trinajstić information content (AvgIpc) is 3.75. The summed E-state index contributed by atoms with van der Waals surface area (Å²) < 4.78 is 4.85. The highest BCUT2D eigenvalue weighted by molar-refractivity contribution is 6.32. The fraction of sp³-hybridized carbons (Fsp3) is 0.0182. The number of benzene rings is 9. The maximum absolute atomic E-state index is 4.03. The number of para-hydroxylation sites is 2. The fourth-order valence-electron chi connectivity index (χ4n) is 9.99. The number of hydrogen-bond acceptors (Lipinski definition) is 0. The van der Waals surface area contributed by atoms with Gasteiger partial charge in [-0.15, -0.1) is 0 Å². The first-order valence-electron chi connectivity index (χ1n) is 19.7. The lowest BCUT2D eigenvalue weighted by molar-refractivity contribution is 1.18. The van der Waals surface area contributed by atoms with Gasteiger partial charge in [0.25, 0.3) is 0 Å². The second kappa shape index (κ2) is 12.0. The zero-order valence-electron chi connectivity index (χ0n) is 31.5. The van der Waals surface area contributed by atoms with E-state index in [1.54, 1.807) is 0 Å². The average molecular weight is 725 g/mol. The fourth-order valence-corrected chi connectivity index (χ4v) is 9.99. The molecule has 0 spiro atoms. The van der Waals surface area contributed by atoms with Crippen molar-refractivity contribution >= 4 is 71.2 Å². The van der Waals surface area contributed by atoms with Gasteiger partial charge in [0.05, 0.1) is 22.1 Å². The third kappa shape index (κ3) is 4.41. The van der Waals surface area contributed by atoms with Gasteiger partial charge in [0.1, 0.15) is 0 Å². The van der Waals surface area contributed by atoms with Crippen molar-refractivity contribution in [2.24, 2.45) is 0 Å². The summed E-state index contributed by atoms with van der Waals surface area (Å²) in [7, 11) is 0. The molecule has 0 N–H and O–H groups in total. The lowest BCUT2D eigenvalue weighted by atomic mass is 9.83. The standard InChI is InChI=1S/C55H36N2/c1-3-4-14-41-34(2)40-15-5-6-18-44(40)53-46-20-12-23-49-54(46)55-50(33-28-37-13-11-19-45(51(37)55)52(41)53)57(49)39-31-26-36(27-32-39)35-24-29-38(30-25-35)56-47-21-9-7-16-42(47)43-17-8-10-22-48(43)56/h3-33H,1H2,2H3/b14-4-. The van der Waals surface area contributed by atoms with Gasteiger partial charge in [0.2, 0.25) is 0 Å². The lowest BCUT2D eigenvalue weighted by Gasteiger charge is -2.21. The number of fused-ring (bicyclic) bond motifs is 8. The first kappa shape index (κ1) is 31.9. The maximum Gasteiger partial charge on any atom is 0.0547 e. The van der Waals surface area contributed by atoms with Crippen LogP contribution in [0.25, 0.3) is 116 Å². The monoisotopic (exact) mass is 724 g/mol. The van der Waals surface area contributed by atoms with Crippen molar-refractivity contribution in [1.29, 1.82) is 0 Å². The van der Waals surface area contributed by atoms with Crippen molar-refractivity contribution in [3.05, 3.63) is 200 Å². The van der Waals surface area contributed by atoms with Gasteiger partial charge in [-0.25, -0.2) is 0 Å². The summed E-state index contributed by atoms with van der Waals surface area (Å²) in [6, 6.07) is 62.7. The molecule has 2 nitrogen and oxygen atoms in total. The second-order valence-electron chi connectivity index (χ2n) is 15.3. The largest absolute Gasteiger partial charge is 0.309 e. The zero-order valence-corrected chi connectivity index (χ0v) is 31.5. The van der Waals surface area contributed by atoms with Gasteiger partial charge in [-0.3, -0.25) is 0 Å². The highest BCUT2D eigenvalue weighted by Crippen LogP contribution is 2.53. The number of aromatic nitrogens is 2. The molecule has 0 saturated carbocycles. The Kier molecular flexibility index (Phi) is 6.73. The number of hydrogen-bond donors (Lipinski definition) is 0. The molecular weight excluding hydrogens is 689 g/mol. The van der Waals surface area contributed by atoms with E-state index in [1.165, 1.54) is 110 Å². The Morgan fingerprint density at radius 3 is 1.60 bits per heavy atom. The Labute approximate surface area is 330 Å². The van der Waals surface area contributed by atoms with Crippen molar-refractivity contribution in [2.45, 2.75) is 6.92 Å². The van der Waals surface area contributed by atoms with Crippen LogP contribution in [-0.4, -0.2) is 9.13 Å². The molecule has 0 aliphatic heterocycles. The van der Waals surface area contributed by atoms with Crippen LogP contribution in [0.4, 0.5) is 0 Å². The van der Waals surface area contributed by atoms with Crippen LogP contribution in [0.5, 0.6) is 0 Å². The highest BCUT2D eigenvalue weighted by atomic mass is 15.0. The third-order valence-corrected chi connectivity index (χ3v) is 12.4. The van der Waals surface area contributed by atoms with E-state index >= 15 is 0 Å². The molecule has 266 valence electrons. The lowest BCUT2D eigenvalue weighted by Crippen LogP contribution is -1.98. The Morgan fingerprint density at radius 1 is 0.421 bits per heavy atom. The molecule has 2 aromatic heterocycles. The molecule has 57 heavy (non-hydrogen) atoms. The molecule has 1 aliphatic rings. The summed E-state index contributed by atoms with van der Waals surface area (Å²) in [5, 5.41) is 10.3. The van der Waals surface area contributed by atoms with E-state index in [9.17, 15) is 0 Å². The van der Waals surface area contributed by atoms with Crippen LogP contribution in [0.3, 0.4) is 0 Å². The zero-order chi connectivity index (χ0) is 37.8. The first-order valence-corrected chi connectivity index (χ1v) is 19.7. The Balaban J connectivity index is 1.04. The number of rotatable bonds is 5. The van der Waals surface area contributed by atoms with Crippen LogP contribution < -0.4 is 0 Å². The SMILES string of the molecule is C=C/C=C\c1c2c(c3ccccc3c1C)-c1cccc3c1c1c4c-2cccc4ccc1n3-c1ccc(-c2ccc(-n3c4ccccc4c4ccccc43)cc2)cc1. The summed E-state index contributed by atoms with van der Waals surface area (Å²) in [6.45, 7) is 6.29. The van der Waals surface area contributed by atoms with Gasteiger partial charge in [0.15, 0.2) is 0 Å². The van der Waals surface area contributed by atoms with E-state index < -0.39 is 0 Å². The molecule has 0 fully saturated rings. The first-order chi connectivity index (χ1) is 28.2. The van der Waals surface area contributed by atoms with E-state index in [1.807, 2.05) is 6.08 Å². The van der Waals surface area contributed by atoms with Gasteiger partial charge >= 0.3 is 0 Å². The summed E-state index contributed by atoms with van der Waals surface area (Å²) in [4.78, 5) is 0. The molecule has 0 amide bonds. The van der Waals surface area contributed by atoms with Gasteiger partial charge < -0.3 is 9.13 Å². The summed E-state index contributed by atoms with van der Waals surface area (Å²) in [5.74, 6) is 0. The van der Waals surface area contributed by atoms with E-state index in [0.717, 1.165) is 11.4 Å². The summed E-state index contributed by atoms with van der Waals surface area (Å²) in [6.07, 6.45) is 6.21. The van der Waals surface area contributed by atoms with E-state index in [0.29, 0.717) is 0 Å². The molecule has 2 heterocycles. The predicted octanol–water partition coefficient (Wildman–Crippen LogP) is 15.0. The minimum Gasteiger partial charge on any atom is -0.309 e. The second-order valence-corrected chi connectivity index (χ2v) is 15.3. The normalized spacial score (nSPS) is 12.3. The quantitative estimate of drug-likeness (QED) is 0.156. The van der Waals surface area contributed by atoms with Crippen LogP contribution in [-0.2, 0) is 0 Å². The Hall–Kier alpha value is -7.42. The van der Waals surface area contributed by atoms with Crippen LogP contribution in [0.2, 0.25) is 0 Å².